The van der Waals surface area contributed by atoms with Crippen molar-refractivity contribution >= 4 is 29.7 Å². The number of methoxy groups -OCH3 is 2. The van der Waals surface area contributed by atoms with E-state index in [0.29, 0.717) is 91.3 Å². The molecule has 0 N–H and O–H groups in total. The number of ether oxygens (including phenoxy) is 4. The fraction of sp³-hybridized carbons (Fsp3) is 0.904. The fourth-order valence-corrected chi connectivity index (χ4v) is 22.7. The van der Waals surface area contributed by atoms with Gasteiger partial charge >= 0.3 is 11.9 Å². The minimum absolute atomic E-state index is 0.0385. The summed E-state index contributed by atoms with van der Waals surface area (Å²) < 4.78 is 21.7. The molecule has 0 saturated carbocycles. The Morgan fingerprint density at radius 2 is 0.688 bits per heavy atom. The number of amides is 3. The van der Waals surface area contributed by atoms with Crippen molar-refractivity contribution in [2.75, 3.05) is 225 Å². The van der Waals surface area contributed by atoms with Crippen LogP contribution < -0.4 is 0 Å². The van der Waals surface area contributed by atoms with Gasteiger partial charge in [0.05, 0.1) is 32.3 Å². The van der Waals surface area contributed by atoms with E-state index in [1.165, 1.54) is 173 Å². The van der Waals surface area contributed by atoms with Crippen LogP contribution in [0.4, 0.5) is 0 Å². The van der Waals surface area contributed by atoms with Crippen molar-refractivity contribution in [3.8, 4) is 0 Å². The molecule has 0 radical (unpaired) electrons. The van der Waals surface area contributed by atoms with Gasteiger partial charge in [-0.2, -0.15) is 0 Å². The summed E-state index contributed by atoms with van der Waals surface area (Å²) in [5.74, 6) is 2.51. The second-order valence-corrected chi connectivity index (χ2v) is 47.1. The number of carbonyl (C=O) groups excluding carboxylic acids is 5. The van der Waals surface area contributed by atoms with Crippen LogP contribution in [0, 0.1) is 28.1 Å². The van der Waals surface area contributed by atoms with Crippen molar-refractivity contribution < 1.29 is 47.7 Å². The summed E-state index contributed by atoms with van der Waals surface area (Å²) in [4.78, 5) is 107. The van der Waals surface area contributed by atoms with Gasteiger partial charge in [-0.25, -0.2) is 0 Å². The number of hydrogen-bond donors (Lipinski definition) is 0. The number of benzene rings is 1. The molecule has 14 aliphatic rings. The number of rotatable bonds is 21. The number of nitrogens with zero attached hydrogens (tertiary/aromatic N) is 16. The third-order valence-electron chi connectivity index (χ3n) is 33.5. The molecule has 14 aliphatic heterocycles. The first-order chi connectivity index (χ1) is 67.0. The highest BCUT2D eigenvalue weighted by atomic mass is 16.5. The Hall–Kier alpha value is -4.39. The molecule has 1 aromatic carbocycles. The van der Waals surface area contributed by atoms with E-state index in [0.717, 1.165) is 225 Å². The average Bonchev–Trinajstić information content (AvgIpc) is 1.80. The minimum atomic E-state index is -0.150. The molecule has 26 nitrogen and oxygen atoms in total. The SMILES string of the molecule is CC(=O)OC1CCN(C(C)C)CC1.CC(C)N1CC(N2CCCCC2)C1.CC(C)N1CCC(C(=O)N2CCCC2)CC1.CC(C)N1CCC(C(=O)N2CCOCC2)CC1.CC(C)N1CCC(C)(C(=O)N2CCCC2)CC1.CC(C)N1CCC(N(C)C)CC1.CC(C)N1CCC([N+](=O)C(C)C)CC1.CC(C)N1CCC(c2ccccc2)CC1.COC(=O)C1CCN(C(C)C)CC1.COC1CCN(C(C)C)CC1. The van der Waals surface area contributed by atoms with E-state index in [2.05, 4.69) is 258 Å². The monoisotopic (exact) mass is 1980 g/mol. The summed E-state index contributed by atoms with van der Waals surface area (Å²) in [6.07, 6.45) is 29.7. The first kappa shape index (κ1) is 125. The molecule has 15 rings (SSSR count). The van der Waals surface area contributed by atoms with Gasteiger partial charge in [-0.05, 0) is 397 Å². The molecular weight excluding hydrogens is 1770 g/mol. The van der Waals surface area contributed by atoms with E-state index in [-0.39, 0.29) is 47.4 Å². The zero-order valence-corrected chi connectivity index (χ0v) is 96.1. The van der Waals surface area contributed by atoms with Crippen LogP contribution >= 0.6 is 0 Å². The molecule has 0 unspecified atom stereocenters. The molecule has 141 heavy (non-hydrogen) atoms. The number of piperidine rings is 10. The van der Waals surface area contributed by atoms with Crippen LogP contribution in [0.25, 0.3) is 0 Å². The molecule has 0 aliphatic carbocycles. The van der Waals surface area contributed by atoms with Gasteiger partial charge < -0.3 is 82.6 Å². The predicted octanol–water partition coefficient (Wildman–Crippen LogP) is 17.3. The van der Waals surface area contributed by atoms with Crippen LogP contribution in [-0.4, -0.2) is 429 Å². The molecule has 26 heteroatoms. The fourth-order valence-electron chi connectivity index (χ4n) is 22.7. The van der Waals surface area contributed by atoms with Crippen molar-refractivity contribution in [2.24, 2.45) is 23.2 Å². The molecule has 0 atom stereocenters. The molecule has 818 valence electrons. The third-order valence-corrected chi connectivity index (χ3v) is 33.5. The molecule has 14 heterocycles. The Labute approximate surface area is 864 Å². The number of carbonyl (C=O) groups is 5. The van der Waals surface area contributed by atoms with E-state index < -0.39 is 0 Å². The smallest absolute Gasteiger partial charge is 0.308 e. The number of nitroso groups, excluding NO2 is 1. The summed E-state index contributed by atoms with van der Waals surface area (Å²) in [5, 5.41) is 0. The Kier molecular flexibility index (Phi) is 59.5. The second kappa shape index (κ2) is 66.9. The zero-order valence-electron chi connectivity index (χ0n) is 96.1. The van der Waals surface area contributed by atoms with E-state index in [4.69, 9.17) is 18.9 Å². The van der Waals surface area contributed by atoms with Crippen LogP contribution in [0.3, 0.4) is 0 Å². The summed E-state index contributed by atoms with van der Waals surface area (Å²) in [7, 11) is 7.66. The topological polar surface area (TPSA) is 191 Å². The summed E-state index contributed by atoms with van der Waals surface area (Å²) >= 11 is 0. The van der Waals surface area contributed by atoms with Gasteiger partial charge in [0, 0.05) is 232 Å². The summed E-state index contributed by atoms with van der Waals surface area (Å²) in [6.45, 7) is 85.1. The van der Waals surface area contributed by atoms with Gasteiger partial charge in [0.25, 0.3) is 0 Å². The highest BCUT2D eigenvalue weighted by molar-refractivity contribution is 5.83. The van der Waals surface area contributed by atoms with Gasteiger partial charge in [0.15, 0.2) is 6.04 Å². The predicted molar refractivity (Wildman–Crippen MR) is 585 cm³/mol. The van der Waals surface area contributed by atoms with Crippen molar-refractivity contribution in [1.82, 2.24) is 73.5 Å². The van der Waals surface area contributed by atoms with Crippen molar-refractivity contribution in [3.63, 3.8) is 0 Å². The highest BCUT2D eigenvalue weighted by Gasteiger charge is 2.42. The maximum absolute atomic E-state index is 12.5. The standard InChI is InChI=1S/C14H26N2O.C14H21N.C13H24N2O2.C13H24N2O.C11H23N2O.C11H22N2.C10H22N2.2C10H19NO2.C9H19NO/c1-12(2)15-10-6-14(3,7-11-15)13(17)16-8-4-5-9-16;1-12(2)15-10-8-14(9-11-15)13-6-4-3-5-7-13;1-11(2)14-5-3-12(4-6-14)13(16)15-7-9-17-10-8-15;1-11(2)14-9-5-12(6-10-14)13(16)15-7-3-4-8-15;1-9(2)12-7-5-11(6-8-12)13(14)10(3)4;1-10(2)13-8-11(9-13)12-6-4-3-5-7-12;1-9(2)12-7-5-10(6-8-12)11(3)4;1-8(2)11-6-4-9(5-7-11)10(12)13-3;1-8(2)11-6-4-10(5-7-11)13-9(3)12;1-8(2)10-6-4-9(11-3)5-7-10/h12H,4-11H2,1-3H3;3-7,12,14H,8-11H2,1-2H3;11-12H,3-10H2,1-2H3;11-12H,3-10H2,1-2H3;9-11H,5-8H2,1-4H3;10-11H,3-9H2,1-2H3;9-10H,5-8H2,1-4H3;8-9H,4-7H2,1-3H3;8,10H,4-7H2,1-3H3;8-9H,4-7H2,1-3H3/q;;;;+1;;;;;. The maximum atomic E-state index is 12.5. The Morgan fingerprint density at radius 3 is 1.04 bits per heavy atom. The summed E-state index contributed by atoms with van der Waals surface area (Å²) in [6, 6.07) is 19.6. The lowest BCUT2D eigenvalue weighted by Crippen LogP contribution is -2.61. The Balaban J connectivity index is 0.000000241. The van der Waals surface area contributed by atoms with Crippen LogP contribution in [0.1, 0.15) is 338 Å². The third kappa shape index (κ3) is 45.1. The van der Waals surface area contributed by atoms with Crippen LogP contribution in [0.2, 0.25) is 0 Å². The van der Waals surface area contributed by atoms with E-state index in [1.54, 1.807) is 0 Å². The Morgan fingerprint density at radius 1 is 0.369 bits per heavy atom. The van der Waals surface area contributed by atoms with Gasteiger partial charge in [0.1, 0.15) is 6.10 Å². The van der Waals surface area contributed by atoms with Gasteiger partial charge in [-0.3, -0.25) is 33.8 Å². The lowest BCUT2D eigenvalue weighted by Gasteiger charge is -2.48. The van der Waals surface area contributed by atoms with E-state index >= 15 is 0 Å². The van der Waals surface area contributed by atoms with Crippen LogP contribution in [0.15, 0.2) is 30.3 Å². The minimum Gasteiger partial charge on any atom is -0.469 e. The van der Waals surface area contributed by atoms with Crippen molar-refractivity contribution in [2.45, 2.75) is 429 Å². The van der Waals surface area contributed by atoms with Gasteiger partial charge in [-0.1, -0.05) is 43.7 Å². The lowest BCUT2D eigenvalue weighted by molar-refractivity contribution is -0.617. The van der Waals surface area contributed by atoms with E-state index in [9.17, 15) is 28.9 Å². The number of esters is 2. The van der Waals surface area contributed by atoms with Gasteiger partial charge in [0.2, 0.25) is 23.8 Å². The highest BCUT2D eigenvalue weighted by Crippen LogP contribution is 2.36. The molecule has 3 amide bonds. The summed E-state index contributed by atoms with van der Waals surface area (Å²) in [5.41, 5.74) is 1.44. The first-order valence-electron chi connectivity index (χ1n) is 57.6. The Bertz CT molecular complexity index is 3440. The molecule has 1 aromatic rings. The van der Waals surface area contributed by atoms with Crippen LogP contribution in [-0.2, 0) is 42.9 Å². The van der Waals surface area contributed by atoms with Crippen LogP contribution in [0.5, 0.6) is 0 Å². The molecule has 0 bridgehead atoms. The average molecular weight is 1990 g/mol. The number of morpholine rings is 1. The molecule has 14 saturated heterocycles. The molecule has 0 spiro atoms. The molecular formula is C115H219N16O10+. The molecule has 0 aromatic heterocycles. The second-order valence-electron chi connectivity index (χ2n) is 47.1. The quantitative estimate of drug-likeness (QED) is 0.0833. The normalized spacial score (nSPS) is 23.0. The molecule has 14 fully saturated rings. The van der Waals surface area contributed by atoms with Crippen molar-refractivity contribution in [3.05, 3.63) is 40.8 Å². The number of likely N-dealkylation sites (tertiary alicyclic amines) is 13. The first-order valence-corrected chi connectivity index (χ1v) is 57.6. The largest absolute Gasteiger partial charge is 0.469 e. The zero-order chi connectivity index (χ0) is 104. The number of hydrogen-bond acceptors (Lipinski definition) is 22. The van der Waals surface area contributed by atoms with Gasteiger partial charge in [-0.15, -0.1) is 0 Å². The van der Waals surface area contributed by atoms with Crippen molar-refractivity contribution in [1.29, 1.82) is 0 Å². The maximum Gasteiger partial charge on any atom is 0.308 e. The lowest BCUT2D eigenvalue weighted by atomic mass is 9.78. The van der Waals surface area contributed by atoms with E-state index in [1.807, 2.05) is 25.9 Å².